The molecule has 0 aliphatic carbocycles. The minimum atomic E-state index is -5.30. The molecule has 0 radical (unpaired) electrons. The minimum absolute atomic E-state index is 0.0231. The third kappa shape index (κ3) is 9.53. The Hall–Kier alpha value is -2.95. The van der Waals surface area contributed by atoms with E-state index in [4.69, 9.17) is 28.4 Å². The van der Waals surface area contributed by atoms with Gasteiger partial charge in [-0.15, -0.1) is 0 Å². The number of amides is 1. The summed E-state index contributed by atoms with van der Waals surface area (Å²) in [6.45, 7) is 4.60. The average Bonchev–Trinajstić information content (AvgIpc) is 2.91. The van der Waals surface area contributed by atoms with Gasteiger partial charge in [-0.1, -0.05) is 6.92 Å². The van der Waals surface area contributed by atoms with Gasteiger partial charge in [0.1, 0.15) is 11.8 Å². The number of rotatable bonds is 11. The molecular weight excluding hydrogens is 845 g/mol. The molecule has 19 heteroatoms. The number of ether oxygens (including phenoxy) is 6. The van der Waals surface area contributed by atoms with Gasteiger partial charge in [-0.05, 0) is 69.3 Å². The van der Waals surface area contributed by atoms with E-state index in [0.29, 0.717) is 0 Å². The first-order chi connectivity index (χ1) is 20.8. The number of benzene rings is 1. The van der Waals surface area contributed by atoms with Crippen molar-refractivity contribution in [2.75, 3.05) is 7.11 Å². The van der Waals surface area contributed by atoms with E-state index >= 15 is 0 Å². The third-order valence-corrected chi connectivity index (χ3v) is 7.85. The molecule has 1 saturated heterocycles. The maximum absolute atomic E-state index is 13.0. The molecule has 45 heavy (non-hydrogen) atoms. The summed E-state index contributed by atoms with van der Waals surface area (Å²) in [6.07, 6.45) is -12.8. The fourth-order valence-corrected chi connectivity index (χ4v) is 6.63. The second kappa shape index (κ2) is 15.6. The van der Waals surface area contributed by atoms with E-state index in [9.17, 15) is 47.0 Å². The highest BCUT2D eigenvalue weighted by molar-refractivity contribution is 14.1. The second-order valence-electron chi connectivity index (χ2n) is 9.49. The molecule has 1 aromatic rings. The van der Waals surface area contributed by atoms with E-state index in [2.05, 4.69) is 0 Å². The lowest BCUT2D eigenvalue weighted by Crippen LogP contribution is -2.71. The second-order valence-corrected chi connectivity index (χ2v) is 11.8. The Labute approximate surface area is 281 Å². The third-order valence-electron chi connectivity index (χ3n) is 6.25. The van der Waals surface area contributed by atoms with Gasteiger partial charge >= 0.3 is 41.9 Å². The van der Waals surface area contributed by atoms with Crippen molar-refractivity contribution in [1.29, 1.82) is 0 Å². The van der Waals surface area contributed by atoms with Crippen LogP contribution in [0.3, 0.4) is 0 Å². The lowest BCUT2D eigenvalue weighted by molar-refractivity contribution is -0.313. The Morgan fingerprint density at radius 3 is 2.00 bits per heavy atom. The normalized spacial score (nSPS) is 23.6. The van der Waals surface area contributed by atoms with Crippen LogP contribution in [0.4, 0.5) is 13.2 Å². The highest BCUT2D eigenvalue weighted by Gasteiger charge is 2.65. The Morgan fingerprint density at radius 2 is 1.58 bits per heavy atom. The molecule has 0 spiro atoms. The van der Waals surface area contributed by atoms with Crippen LogP contribution in [0.5, 0.6) is 5.75 Å². The summed E-state index contributed by atoms with van der Waals surface area (Å²) in [6, 6.07) is 0.781. The van der Waals surface area contributed by atoms with E-state index in [0.717, 1.165) is 27.9 Å². The zero-order valence-electron chi connectivity index (χ0n) is 24.2. The Balaban J connectivity index is 2.60. The summed E-state index contributed by atoms with van der Waals surface area (Å²) < 4.78 is 71.8. The Kier molecular flexibility index (Phi) is 13.2. The molecule has 1 aliphatic rings. The summed E-state index contributed by atoms with van der Waals surface area (Å²) in [7, 11) is 1.03. The zero-order valence-corrected chi connectivity index (χ0v) is 28.5. The van der Waals surface area contributed by atoms with Crippen LogP contribution in [0.1, 0.15) is 39.7 Å². The molecule has 1 fully saturated rings. The van der Waals surface area contributed by atoms with E-state index in [1.807, 2.05) is 0 Å². The molecule has 1 aromatic carbocycles. The van der Waals surface area contributed by atoms with Crippen molar-refractivity contribution < 1.29 is 75.5 Å². The summed E-state index contributed by atoms with van der Waals surface area (Å²) in [5.74, 6) is -7.84. The number of esters is 4. The van der Waals surface area contributed by atoms with Gasteiger partial charge in [0.05, 0.1) is 14.3 Å². The van der Waals surface area contributed by atoms with E-state index in [1.165, 1.54) is 24.4 Å². The van der Waals surface area contributed by atoms with Crippen molar-refractivity contribution >= 4 is 80.9 Å². The van der Waals surface area contributed by atoms with Crippen LogP contribution in [-0.4, -0.2) is 90.4 Å². The smallest absolute Gasteiger partial charge is 0.471 e. The fourth-order valence-electron chi connectivity index (χ4n) is 4.48. The van der Waals surface area contributed by atoms with Gasteiger partial charge in [0.25, 0.3) is 0 Å². The predicted octanol–water partition coefficient (Wildman–Crippen LogP) is 2.42. The first-order valence-corrected chi connectivity index (χ1v) is 14.9. The quantitative estimate of drug-likeness (QED) is 0.188. The lowest BCUT2D eigenvalue weighted by atomic mass is 9.81. The summed E-state index contributed by atoms with van der Waals surface area (Å²) in [5, 5.41) is 10.8. The van der Waals surface area contributed by atoms with Crippen molar-refractivity contribution in [3.63, 3.8) is 0 Å². The van der Waals surface area contributed by atoms with Crippen molar-refractivity contribution in [2.24, 2.45) is 0 Å². The fraction of sp³-hybridized carbons (Fsp3) is 0.538. The van der Waals surface area contributed by atoms with E-state index < -0.39 is 84.6 Å². The summed E-state index contributed by atoms with van der Waals surface area (Å²) in [5.41, 5.74) is -1.85. The van der Waals surface area contributed by atoms with Gasteiger partial charge in [-0.2, -0.15) is 13.2 Å². The lowest BCUT2D eigenvalue weighted by Gasteiger charge is -2.50. The van der Waals surface area contributed by atoms with Crippen LogP contribution in [-0.2, 0) is 58.9 Å². The topological polar surface area (TPSA) is 190 Å². The maximum atomic E-state index is 13.0. The van der Waals surface area contributed by atoms with Crippen molar-refractivity contribution in [1.82, 2.24) is 5.32 Å². The van der Waals surface area contributed by atoms with Gasteiger partial charge in [-0.3, -0.25) is 19.2 Å². The Bertz CT molecular complexity index is 1320. The van der Waals surface area contributed by atoms with Crippen LogP contribution < -0.4 is 10.1 Å². The van der Waals surface area contributed by atoms with Crippen molar-refractivity contribution in [3.8, 4) is 5.75 Å². The van der Waals surface area contributed by atoms with Gasteiger partial charge in [0.2, 0.25) is 18.5 Å². The first-order valence-electron chi connectivity index (χ1n) is 12.8. The minimum Gasteiger partial charge on any atom is -0.480 e. The first kappa shape index (κ1) is 38.2. The Morgan fingerprint density at radius 1 is 1.02 bits per heavy atom. The number of halogens is 5. The van der Waals surface area contributed by atoms with Crippen LogP contribution in [0.2, 0.25) is 0 Å². The van der Waals surface area contributed by atoms with Crippen LogP contribution in [0.15, 0.2) is 12.1 Å². The van der Waals surface area contributed by atoms with Gasteiger partial charge in [-0.25, -0.2) is 9.59 Å². The van der Waals surface area contributed by atoms with Gasteiger partial charge in [0, 0.05) is 27.2 Å². The van der Waals surface area contributed by atoms with Gasteiger partial charge < -0.3 is 38.8 Å². The molecule has 14 nitrogen and oxygen atoms in total. The number of hydrogen-bond acceptors (Lipinski definition) is 12. The highest BCUT2D eigenvalue weighted by Crippen LogP contribution is 2.42. The largest absolute Gasteiger partial charge is 0.480 e. The molecule has 1 aliphatic heterocycles. The predicted molar refractivity (Wildman–Crippen MR) is 158 cm³/mol. The molecule has 1 heterocycles. The molecule has 0 saturated carbocycles. The number of carbonyl (C=O) groups excluding carboxylic acids is 5. The monoisotopic (exact) mass is 873 g/mol. The molecule has 1 amide bonds. The molecular formula is C26H28F3I2NO13. The zero-order chi connectivity index (χ0) is 34.4. The van der Waals surface area contributed by atoms with Crippen molar-refractivity contribution in [2.45, 2.75) is 83.0 Å². The molecule has 2 N–H and O–H groups in total. The number of alkyl halides is 3. The number of carboxylic acid groups (broad SMARTS) is 1. The number of hydrogen-bond donors (Lipinski definition) is 2. The van der Waals surface area contributed by atoms with Crippen LogP contribution in [0.25, 0.3) is 0 Å². The number of aliphatic carboxylic acids is 1. The summed E-state index contributed by atoms with van der Waals surface area (Å²) in [4.78, 5) is 72.5. The molecule has 2 unspecified atom stereocenters. The molecule has 0 aromatic heterocycles. The number of methoxy groups -OCH3 is 1. The van der Waals surface area contributed by atoms with Crippen LogP contribution >= 0.6 is 45.2 Å². The molecule has 2 rings (SSSR count). The number of carboxylic acids is 1. The average molecular weight is 873 g/mol. The maximum Gasteiger partial charge on any atom is 0.471 e. The molecule has 0 bridgehead atoms. The van der Waals surface area contributed by atoms with E-state index in [-0.39, 0.29) is 24.9 Å². The summed E-state index contributed by atoms with van der Waals surface area (Å²) >= 11 is 3.54. The molecule has 6 atom stereocenters. The number of nitrogens with one attached hydrogen (secondary N) is 1. The molecule has 250 valence electrons. The SMILES string of the molecule is CC[C@@]1(OC(C)=O)[C@@H](C(=O)OC)OC(Oc2c(I)cc(CC(NC(=O)C(F)(F)F)C(=O)O)cc2I)[C@H](OC(C)=O)[C@H]1OC(C)=O. The standard InChI is InChI=1S/C26H28F3I2NO13/c1-6-25(45-12(4)35)19(42-11(3)34)18(41-10(2)33)23(44-20(25)22(38)40-5)43-17-14(30)7-13(8-15(17)31)9-16(21(36)37)32-24(39)26(27,28)29/h7-8,16,18-20,23H,6,9H2,1-5H3,(H,32,39)(H,36,37)/t16?,18-,19-,20-,23?,25+/m1/s1. The van der Waals surface area contributed by atoms with Crippen LogP contribution in [0, 0.1) is 7.14 Å². The number of carbonyl (C=O) groups is 6. The van der Waals surface area contributed by atoms with Gasteiger partial charge in [0.15, 0.2) is 11.7 Å². The van der Waals surface area contributed by atoms with E-state index in [1.54, 1.807) is 45.2 Å². The highest BCUT2D eigenvalue weighted by atomic mass is 127. The van der Waals surface area contributed by atoms with Crippen molar-refractivity contribution in [3.05, 3.63) is 24.8 Å².